The van der Waals surface area contributed by atoms with E-state index in [1.807, 2.05) is 23.4 Å². The molecular weight excluding hydrogens is 440 g/mol. The van der Waals surface area contributed by atoms with Crippen LogP contribution in [0.25, 0.3) is 10.9 Å². The average molecular weight is 475 g/mol. The van der Waals surface area contributed by atoms with Crippen LogP contribution in [0.15, 0.2) is 16.7 Å². The van der Waals surface area contributed by atoms with Crippen molar-refractivity contribution in [3.8, 4) is 0 Å². The predicted octanol–water partition coefficient (Wildman–Crippen LogP) is 5.49. The Morgan fingerprint density at radius 3 is 2.67 bits per heavy atom. The van der Waals surface area contributed by atoms with E-state index in [4.69, 9.17) is 0 Å². The van der Waals surface area contributed by atoms with Crippen LogP contribution in [0, 0.1) is 0 Å². The van der Waals surface area contributed by atoms with Crippen LogP contribution in [-0.4, -0.2) is 52.7 Å². The number of urea groups is 1. The highest BCUT2D eigenvalue weighted by Crippen LogP contribution is 2.47. The third-order valence-electron chi connectivity index (χ3n) is 7.08. The summed E-state index contributed by atoms with van der Waals surface area (Å²) in [6.45, 7) is 12.3. The second-order valence-electron chi connectivity index (χ2n) is 8.68. The van der Waals surface area contributed by atoms with Gasteiger partial charge in [-0.2, -0.15) is 0 Å². The number of hydrogen-bond donors (Lipinski definition) is 1. The number of nitrogens with zero attached hydrogens (tertiary/aromatic N) is 3. The van der Waals surface area contributed by atoms with Crippen molar-refractivity contribution in [3.63, 3.8) is 0 Å². The van der Waals surface area contributed by atoms with Gasteiger partial charge in [-0.25, -0.2) is 14.9 Å². The lowest BCUT2D eigenvalue weighted by atomic mass is 9.74. The van der Waals surface area contributed by atoms with Crippen LogP contribution in [0.4, 0.5) is 4.79 Å². The van der Waals surface area contributed by atoms with Crippen molar-refractivity contribution >= 4 is 32.9 Å². The SMILES string of the molecule is CCCN1CCC[C@@H]2c3cc(CC)cc4c3c(c(Br)n4NC(=O)N(CC)CC)C[C@H]21. The lowest BCUT2D eigenvalue weighted by molar-refractivity contribution is 0.124. The van der Waals surface area contributed by atoms with Crippen LogP contribution in [-0.2, 0) is 12.8 Å². The number of benzene rings is 1. The van der Waals surface area contributed by atoms with Gasteiger partial charge in [0.15, 0.2) is 0 Å². The molecule has 0 spiro atoms. The molecule has 4 rings (SSSR count). The lowest BCUT2D eigenvalue weighted by Crippen LogP contribution is -2.47. The summed E-state index contributed by atoms with van der Waals surface area (Å²) in [5.41, 5.74) is 8.51. The number of carbonyl (C=O) groups is 1. The zero-order valence-electron chi connectivity index (χ0n) is 18.8. The first-order valence-corrected chi connectivity index (χ1v) is 12.5. The van der Waals surface area contributed by atoms with Gasteiger partial charge in [0.25, 0.3) is 0 Å². The molecule has 0 saturated carbocycles. The molecule has 1 aromatic heterocycles. The number of carbonyl (C=O) groups excluding carboxylic acids is 1. The lowest BCUT2D eigenvalue weighted by Gasteiger charge is -2.44. The molecule has 1 fully saturated rings. The normalized spacial score (nSPS) is 21.0. The van der Waals surface area contributed by atoms with Crippen LogP contribution >= 0.6 is 15.9 Å². The number of fused-ring (bicyclic) bond motifs is 2. The summed E-state index contributed by atoms with van der Waals surface area (Å²) in [5.74, 6) is 0.591. The number of hydrogen-bond acceptors (Lipinski definition) is 2. The highest BCUT2D eigenvalue weighted by molar-refractivity contribution is 9.10. The molecule has 0 unspecified atom stereocenters. The summed E-state index contributed by atoms with van der Waals surface area (Å²) in [6.07, 6.45) is 5.79. The number of aryl methyl sites for hydroxylation is 1. The average Bonchev–Trinajstić information content (AvgIpc) is 3.01. The van der Waals surface area contributed by atoms with E-state index in [1.165, 1.54) is 54.4 Å². The molecular formula is C24H35BrN4O. The van der Waals surface area contributed by atoms with Crippen molar-refractivity contribution in [2.24, 2.45) is 0 Å². The van der Waals surface area contributed by atoms with E-state index >= 15 is 0 Å². The number of likely N-dealkylation sites (tertiary alicyclic amines) is 1. The minimum Gasteiger partial charge on any atom is -0.324 e. The van der Waals surface area contributed by atoms with Crippen molar-refractivity contribution in [3.05, 3.63) is 33.4 Å². The summed E-state index contributed by atoms with van der Waals surface area (Å²) in [6, 6.07) is 5.23. The number of piperidine rings is 1. The molecule has 2 amide bonds. The zero-order chi connectivity index (χ0) is 21.4. The highest BCUT2D eigenvalue weighted by atomic mass is 79.9. The summed E-state index contributed by atoms with van der Waals surface area (Å²) in [4.78, 5) is 17.4. The third-order valence-corrected chi connectivity index (χ3v) is 7.91. The van der Waals surface area contributed by atoms with E-state index in [2.05, 4.69) is 52.2 Å². The van der Waals surface area contributed by atoms with Gasteiger partial charge in [0, 0.05) is 30.4 Å². The molecule has 5 nitrogen and oxygen atoms in total. The van der Waals surface area contributed by atoms with Gasteiger partial charge >= 0.3 is 6.03 Å². The van der Waals surface area contributed by atoms with Crippen LogP contribution < -0.4 is 5.43 Å². The maximum Gasteiger partial charge on any atom is 0.336 e. The first-order chi connectivity index (χ1) is 14.5. The summed E-state index contributed by atoms with van der Waals surface area (Å²) >= 11 is 3.88. The molecule has 1 aliphatic heterocycles. The minimum absolute atomic E-state index is 0.0446. The van der Waals surface area contributed by atoms with Crippen LogP contribution in [0.5, 0.6) is 0 Å². The van der Waals surface area contributed by atoms with E-state index in [-0.39, 0.29) is 6.03 Å². The largest absolute Gasteiger partial charge is 0.336 e. The second kappa shape index (κ2) is 8.91. The van der Waals surface area contributed by atoms with E-state index in [0.29, 0.717) is 25.0 Å². The fourth-order valence-electron chi connectivity index (χ4n) is 5.56. The Morgan fingerprint density at radius 2 is 2.00 bits per heavy atom. The number of halogens is 1. The van der Waals surface area contributed by atoms with Crippen molar-refractivity contribution in [2.75, 3.05) is 31.6 Å². The van der Waals surface area contributed by atoms with Gasteiger partial charge in [-0.1, -0.05) is 19.9 Å². The Kier molecular flexibility index (Phi) is 6.44. The summed E-state index contributed by atoms with van der Waals surface area (Å²) in [5, 5.41) is 1.36. The van der Waals surface area contributed by atoms with E-state index in [0.717, 1.165) is 23.0 Å². The molecule has 1 aromatic carbocycles. The fraction of sp³-hybridized carbons (Fsp3) is 0.625. The van der Waals surface area contributed by atoms with Crippen molar-refractivity contribution in [1.29, 1.82) is 0 Å². The smallest absolute Gasteiger partial charge is 0.324 e. The molecule has 1 saturated heterocycles. The first kappa shape index (κ1) is 21.7. The van der Waals surface area contributed by atoms with Gasteiger partial charge in [-0.15, -0.1) is 0 Å². The van der Waals surface area contributed by atoms with Crippen LogP contribution in [0.2, 0.25) is 0 Å². The molecule has 2 aromatic rings. The van der Waals surface area contributed by atoms with Crippen molar-refractivity contribution in [2.45, 2.75) is 71.8 Å². The zero-order valence-corrected chi connectivity index (χ0v) is 20.4. The van der Waals surface area contributed by atoms with Gasteiger partial charge < -0.3 is 4.90 Å². The number of amides is 2. The van der Waals surface area contributed by atoms with Gasteiger partial charge in [0.2, 0.25) is 0 Å². The molecule has 2 heterocycles. The molecule has 164 valence electrons. The Hall–Kier alpha value is -1.53. The Balaban J connectivity index is 1.84. The fourth-order valence-corrected chi connectivity index (χ4v) is 6.20. The second-order valence-corrected chi connectivity index (χ2v) is 9.43. The van der Waals surface area contributed by atoms with Crippen molar-refractivity contribution < 1.29 is 4.79 Å². The maximum absolute atomic E-state index is 12.9. The summed E-state index contributed by atoms with van der Waals surface area (Å²) < 4.78 is 3.00. The van der Waals surface area contributed by atoms with Gasteiger partial charge in [-0.3, -0.25) is 4.90 Å². The Bertz CT molecular complexity index is 931. The predicted molar refractivity (Wildman–Crippen MR) is 128 cm³/mol. The monoisotopic (exact) mass is 474 g/mol. The van der Waals surface area contributed by atoms with E-state index in [9.17, 15) is 4.79 Å². The van der Waals surface area contributed by atoms with Gasteiger partial charge in [0.1, 0.15) is 4.60 Å². The molecule has 30 heavy (non-hydrogen) atoms. The Labute approximate surface area is 188 Å². The molecule has 2 atom stereocenters. The van der Waals surface area contributed by atoms with Crippen LogP contribution in [0.3, 0.4) is 0 Å². The van der Waals surface area contributed by atoms with Gasteiger partial charge in [0.05, 0.1) is 5.52 Å². The quantitative estimate of drug-likeness (QED) is 0.601. The van der Waals surface area contributed by atoms with E-state index in [1.54, 1.807) is 0 Å². The topological polar surface area (TPSA) is 40.5 Å². The number of nitrogens with one attached hydrogen (secondary N) is 1. The standard InChI is InChI=1S/C24H35BrN4O/c1-5-11-28-12-9-10-17-18-13-16(6-2)14-21-22(18)19(15-20(17)28)23(25)29(21)26-24(30)27(7-3)8-4/h13-14,17,20H,5-12,15H2,1-4H3,(H,26,30)/t17-,20-/m1/s1. The Morgan fingerprint density at radius 1 is 1.23 bits per heavy atom. The van der Waals surface area contributed by atoms with Crippen molar-refractivity contribution in [1.82, 2.24) is 14.5 Å². The first-order valence-electron chi connectivity index (χ1n) is 11.7. The molecule has 2 aliphatic rings. The van der Waals surface area contributed by atoms with E-state index < -0.39 is 0 Å². The highest BCUT2D eigenvalue weighted by Gasteiger charge is 2.39. The maximum atomic E-state index is 12.9. The molecule has 0 radical (unpaired) electrons. The third kappa shape index (κ3) is 3.56. The molecule has 1 aliphatic carbocycles. The van der Waals surface area contributed by atoms with Crippen LogP contribution in [0.1, 0.15) is 69.6 Å². The number of aromatic nitrogens is 1. The summed E-state index contributed by atoms with van der Waals surface area (Å²) in [7, 11) is 0. The number of rotatable bonds is 6. The molecule has 0 bridgehead atoms. The minimum atomic E-state index is -0.0446. The van der Waals surface area contributed by atoms with Gasteiger partial charge in [-0.05, 0) is 97.7 Å². The molecule has 1 N–H and O–H groups in total. The molecule has 6 heteroatoms.